The molecule has 27 heavy (non-hydrogen) atoms. The van der Waals surface area contributed by atoms with E-state index in [9.17, 15) is 4.79 Å². The highest BCUT2D eigenvalue weighted by Crippen LogP contribution is 2.12. The molecule has 0 bridgehead atoms. The number of nitrogens with zero attached hydrogens (tertiary/aromatic N) is 4. The first-order chi connectivity index (χ1) is 13.2. The third kappa shape index (κ3) is 6.01. The molecule has 6 nitrogen and oxygen atoms in total. The normalized spacial score (nSPS) is 22.9. The molecular formula is C21H34N4O2. The number of piperazine rings is 2. The Morgan fingerprint density at radius 3 is 2.41 bits per heavy atom. The van der Waals surface area contributed by atoms with Crippen LogP contribution in [0.25, 0.3) is 0 Å². The number of rotatable bonds is 7. The molecule has 2 aliphatic rings. The van der Waals surface area contributed by atoms with Crippen molar-refractivity contribution in [3.05, 3.63) is 35.9 Å². The molecule has 3 rings (SSSR count). The van der Waals surface area contributed by atoms with Crippen molar-refractivity contribution >= 4 is 5.91 Å². The fraction of sp³-hybridized carbons (Fsp3) is 0.667. The maximum atomic E-state index is 12.7. The van der Waals surface area contributed by atoms with Gasteiger partial charge in [0.15, 0.2) is 0 Å². The minimum absolute atomic E-state index is 0.284. The van der Waals surface area contributed by atoms with Crippen LogP contribution in [0.2, 0.25) is 0 Å². The highest BCUT2D eigenvalue weighted by molar-refractivity contribution is 5.78. The van der Waals surface area contributed by atoms with E-state index in [2.05, 4.69) is 52.0 Å². The van der Waals surface area contributed by atoms with Gasteiger partial charge in [0.25, 0.3) is 0 Å². The molecule has 2 saturated heterocycles. The number of methoxy groups -OCH3 is 1. The summed E-state index contributed by atoms with van der Waals surface area (Å²) in [5.74, 6) is 0.284. The van der Waals surface area contributed by atoms with Crippen molar-refractivity contribution in [1.29, 1.82) is 0 Å². The number of hydrogen-bond donors (Lipinski definition) is 0. The third-order valence-electron chi connectivity index (χ3n) is 5.76. The van der Waals surface area contributed by atoms with Crippen molar-refractivity contribution in [3.63, 3.8) is 0 Å². The van der Waals surface area contributed by atoms with Crippen LogP contribution < -0.4 is 0 Å². The molecule has 150 valence electrons. The first kappa shape index (κ1) is 20.3. The molecule has 0 aromatic heterocycles. The Kier molecular flexibility index (Phi) is 7.64. The Morgan fingerprint density at radius 2 is 1.74 bits per heavy atom. The van der Waals surface area contributed by atoms with Crippen LogP contribution in [-0.2, 0) is 16.1 Å². The molecule has 1 aromatic carbocycles. The second-order valence-corrected chi connectivity index (χ2v) is 7.76. The number of benzene rings is 1. The summed E-state index contributed by atoms with van der Waals surface area (Å²) in [7, 11) is 1.75. The predicted octanol–water partition coefficient (Wildman–Crippen LogP) is 0.983. The Morgan fingerprint density at radius 1 is 1.04 bits per heavy atom. The summed E-state index contributed by atoms with van der Waals surface area (Å²) in [6.45, 7) is 12.1. The molecule has 0 aliphatic carbocycles. The number of amides is 1. The van der Waals surface area contributed by atoms with Crippen molar-refractivity contribution in [1.82, 2.24) is 19.6 Å². The monoisotopic (exact) mass is 374 g/mol. The van der Waals surface area contributed by atoms with E-state index < -0.39 is 0 Å². The zero-order valence-corrected chi connectivity index (χ0v) is 16.8. The summed E-state index contributed by atoms with van der Waals surface area (Å²) in [6, 6.07) is 11.1. The summed E-state index contributed by atoms with van der Waals surface area (Å²) in [4.78, 5) is 22.0. The van der Waals surface area contributed by atoms with Crippen molar-refractivity contribution in [2.75, 3.05) is 72.6 Å². The van der Waals surface area contributed by atoms with E-state index in [4.69, 9.17) is 4.74 Å². The van der Waals surface area contributed by atoms with Crippen molar-refractivity contribution in [2.24, 2.45) is 0 Å². The van der Waals surface area contributed by atoms with E-state index >= 15 is 0 Å². The van der Waals surface area contributed by atoms with Crippen LogP contribution in [0.15, 0.2) is 30.3 Å². The molecule has 0 N–H and O–H groups in total. The molecular weight excluding hydrogens is 340 g/mol. The van der Waals surface area contributed by atoms with Gasteiger partial charge in [0.05, 0.1) is 13.2 Å². The lowest BCUT2D eigenvalue weighted by atomic mass is 10.2. The van der Waals surface area contributed by atoms with Crippen LogP contribution in [0.5, 0.6) is 0 Å². The van der Waals surface area contributed by atoms with Gasteiger partial charge in [0.1, 0.15) is 0 Å². The summed E-state index contributed by atoms with van der Waals surface area (Å²) in [5.41, 5.74) is 1.35. The third-order valence-corrected chi connectivity index (χ3v) is 5.76. The van der Waals surface area contributed by atoms with Gasteiger partial charge in [0, 0.05) is 72.1 Å². The highest BCUT2D eigenvalue weighted by Gasteiger charge is 2.27. The second kappa shape index (κ2) is 10.2. The van der Waals surface area contributed by atoms with Gasteiger partial charge < -0.3 is 9.64 Å². The van der Waals surface area contributed by atoms with Crippen molar-refractivity contribution in [2.45, 2.75) is 19.5 Å². The number of carbonyl (C=O) groups is 1. The second-order valence-electron chi connectivity index (χ2n) is 7.76. The minimum Gasteiger partial charge on any atom is -0.383 e. The van der Waals surface area contributed by atoms with Crippen LogP contribution in [0.4, 0.5) is 0 Å². The van der Waals surface area contributed by atoms with E-state index in [-0.39, 0.29) is 5.91 Å². The van der Waals surface area contributed by atoms with Gasteiger partial charge in [-0.2, -0.15) is 0 Å². The van der Waals surface area contributed by atoms with Gasteiger partial charge in [-0.3, -0.25) is 19.5 Å². The minimum atomic E-state index is 0.284. The predicted molar refractivity (Wildman–Crippen MR) is 108 cm³/mol. The van der Waals surface area contributed by atoms with Crippen LogP contribution >= 0.6 is 0 Å². The van der Waals surface area contributed by atoms with E-state index in [1.165, 1.54) is 5.56 Å². The Labute approximate surface area is 163 Å². The van der Waals surface area contributed by atoms with Crippen molar-refractivity contribution < 1.29 is 9.53 Å². The molecule has 1 amide bonds. The molecule has 1 aromatic rings. The van der Waals surface area contributed by atoms with Crippen molar-refractivity contribution in [3.8, 4) is 0 Å². The molecule has 2 heterocycles. The zero-order chi connectivity index (χ0) is 19.1. The van der Waals surface area contributed by atoms with E-state index in [1.54, 1.807) is 7.11 Å². The van der Waals surface area contributed by atoms with Gasteiger partial charge in [-0.25, -0.2) is 0 Å². The lowest BCUT2D eigenvalue weighted by molar-refractivity contribution is -0.135. The highest BCUT2D eigenvalue weighted by atomic mass is 16.5. The average molecular weight is 375 g/mol. The Bertz CT molecular complexity index is 575. The molecule has 2 aliphatic heterocycles. The summed E-state index contributed by atoms with van der Waals surface area (Å²) >= 11 is 0. The SMILES string of the molecule is COCCN1CCN(CC(=O)N2CCN(Cc3ccccc3)CC2)CC1C. The maximum absolute atomic E-state index is 12.7. The summed E-state index contributed by atoms with van der Waals surface area (Å²) < 4.78 is 5.19. The lowest BCUT2D eigenvalue weighted by Gasteiger charge is -2.41. The molecule has 2 fully saturated rings. The standard InChI is InChI=1S/C21H34N4O2/c1-19-16-23(10-11-24(19)14-15-27-2)18-21(26)25-12-8-22(9-13-25)17-20-6-4-3-5-7-20/h3-7,19H,8-18H2,1-2H3. The maximum Gasteiger partial charge on any atom is 0.236 e. The molecule has 0 saturated carbocycles. The molecule has 6 heteroatoms. The van der Waals surface area contributed by atoms with Crippen LogP contribution in [0, 0.1) is 0 Å². The number of hydrogen-bond acceptors (Lipinski definition) is 5. The fourth-order valence-corrected chi connectivity index (χ4v) is 4.04. The largest absolute Gasteiger partial charge is 0.383 e. The fourth-order valence-electron chi connectivity index (χ4n) is 4.04. The average Bonchev–Trinajstić information content (AvgIpc) is 2.69. The number of carbonyl (C=O) groups excluding carboxylic acids is 1. The molecule has 0 spiro atoms. The van der Waals surface area contributed by atoms with E-state index in [0.29, 0.717) is 12.6 Å². The van der Waals surface area contributed by atoms with Gasteiger partial charge in [-0.1, -0.05) is 30.3 Å². The number of ether oxygens (including phenoxy) is 1. The van der Waals surface area contributed by atoms with E-state index in [1.807, 2.05) is 4.90 Å². The summed E-state index contributed by atoms with van der Waals surface area (Å²) in [6.07, 6.45) is 0. The molecule has 1 atom stereocenters. The Balaban J connectivity index is 1.38. The van der Waals surface area contributed by atoms with Gasteiger partial charge in [-0.05, 0) is 12.5 Å². The molecule has 0 radical (unpaired) electrons. The molecule has 1 unspecified atom stereocenters. The topological polar surface area (TPSA) is 39.3 Å². The first-order valence-electron chi connectivity index (χ1n) is 10.1. The lowest BCUT2D eigenvalue weighted by Crippen LogP contribution is -2.56. The van der Waals surface area contributed by atoms with Crippen LogP contribution in [0.3, 0.4) is 0 Å². The smallest absolute Gasteiger partial charge is 0.236 e. The van der Waals surface area contributed by atoms with Gasteiger partial charge in [-0.15, -0.1) is 0 Å². The van der Waals surface area contributed by atoms with Gasteiger partial charge in [0.2, 0.25) is 5.91 Å². The summed E-state index contributed by atoms with van der Waals surface area (Å²) in [5, 5.41) is 0. The van der Waals surface area contributed by atoms with Crippen LogP contribution in [0.1, 0.15) is 12.5 Å². The first-order valence-corrected chi connectivity index (χ1v) is 10.1. The van der Waals surface area contributed by atoms with Gasteiger partial charge >= 0.3 is 0 Å². The zero-order valence-electron chi connectivity index (χ0n) is 16.8. The Hall–Kier alpha value is -1.47. The van der Waals surface area contributed by atoms with E-state index in [0.717, 1.165) is 65.5 Å². The van der Waals surface area contributed by atoms with Crippen LogP contribution in [-0.4, -0.2) is 104 Å². The quantitative estimate of drug-likeness (QED) is 0.712.